The van der Waals surface area contributed by atoms with Gasteiger partial charge in [-0.25, -0.2) is 9.78 Å². The zero-order valence-corrected chi connectivity index (χ0v) is 11.3. The van der Waals surface area contributed by atoms with Crippen molar-refractivity contribution in [3.05, 3.63) is 48.5 Å². The fourth-order valence-electron chi connectivity index (χ4n) is 1.48. The van der Waals surface area contributed by atoms with Gasteiger partial charge in [0.1, 0.15) is 11.4 Å². The Bertz CT molecular complexity index is 631. The number of aromatic nitrogens is 2. The first kappa shape index (κ1) is 14.4. The van der Waals surface area contributed by atoms with Gasteiger partial charge in [0.2, 0.25) is 0 Å². The minimum Gasteiger partial charge on any atom is -0.482 e. The number of carbonyl (C=O) groups is 2. The Morgan fingerprint density at radius 2 is 2.14 bits per heavy atom. The second-order valence-corrected chi connectivity index (χ2v) is 3.94. The van der Waals surface area contributed by atoms with Crippen molar-refractivity contribution in [3.63, 3.8) is 0 Å². The highest BCUT2D eigenvalue weighted by Gasteiger charge is 2.08. The maximum absolute atomic E-state index is 11.9. The maximum Gasteiger partial charge on any atom is 0.343 e. The van der Waals surface area contributed by atoms with E-state index in [2.05, 4.69) is 20.0 Å². The van der Waals surface area contributed by atoms with Gasteiger partial charge in [-0.15, -0.1) is 0 Å². The normalized spacial score (nSPS) is 9.76. The van der Waals surface area contributed by atoms with Crippen LogP contribution >= 0.6 is 0 Å². The average molecular weight is 287 g/mol. The number of methoxy groups -OCH3 is 1. The third-order valence-electron chi connectivity index (χ3n) is 2.47. The lowest BCUT2D eigenvalue weighted by atomic mass is 10.3. The number of anilines is 1. The molecule has 7 nitrogen and oxygen atoms in total. The molecule has 1 aromatic carbocycles. The van der Waals surface area contributed by atoms with Crippen LogP contribution in [0.3, 0.4) is 0 Å². The van der Waals surface area contributed by atoms with E-state index in [1.165, 1.54) is 25.7 Å². The summed E-state index contributed by atoms with van der Waals surface area (Å²) in [5, 5.41) is 2.66. The molecule has 108 valence electrons. The van der Waals surface area contributed by atoms with Gasteiger partial charge in [0.25, 0.3) is 5.91 Å². The lowest BCUT2D eigenvalue weighted by Gasteiger charge is -2.08. The summed E-state index contributed by atoms with van der Waals surface area (Å²) in [6.45, 7) is -0.196. The lowest BCUT2D eigenvalue weighted by Crippen LogP contribution is -2.14. The largest absolute Gasteiger partial charge is 0.482 e. The molecule has 0 atom stereocenters. The first-order valence-electron chi connectivity index (χ1n) is 6.06. The van der Waals surface area contributed by atoms with Crippen molar-refractivity contribution in [1.82, 2.24) is 9.97 Å². The van der Waals surface area contributed by atoms with Crippen LogP contribution in [0.4, 0.5) is 5.69 Å². The predicted molar refractivity (Wildman–Crippen MR) is 73.9 cm³/mol. The molecule has 1 aromatic heterocycles. The van der Waals surface area contributed by atoms with Crippen LogP contribution < -0.4 is 10.1 Å². The van der Waals surface area contributed by atoms with Crippen LogP contribution in [0.1, 0.15) is 10.5 Å². The molecule has 0 aliphatic carbocycles. The van der Waals surface area contributed by atoms with Gasteiger partial charge in [-0.1, -0.05) is 6.07 Å². The molecule has 0 aliphatic rings. The van der Waals surface area contributed by atoms with E-state index in [4.69, 9.17) is 4.74 Å². The molecular formula is C14H13N3O4. The van der Waals surface area contributed by atoms with Crippen molar-refractivity contribution in [3.8, 4) is 5.75 Å². The van der Waals surface area contributed by atoms with Crippen molar-refractivity contribution < 1.29 is 19.1 Å². The molecule has 0 fully saturated rings. The van der Waals surface area contributed by atoms with Gasteiger partial charge >= 0.3 is 5.97 Å². The number of carbonyl (C=O) groups excluding carboxylic acids is 2. The van der Waals surface area contributed by atoms with Crippen molar-refractivity contribution in [2.45, 2.75) is 0 Å². The van der Waals surface area contributed by atoms with Gasteiger partial charge in [0, 0.05) is 24.1 Å². The number of nitrogens with zero attached hydrogens (tertiary/aromatic N) is 2. The second kappa shape index (κ2) is 6.99. The molecule has 0 unspecified atom stereocenters. The molecule has 0 saturated carbocycles. The van der Waals surface area contributed by atoms with E-state index in [9.17, 15) is 9.59 Å². The number of benzene rings is 1. The minimum atomic E-state index is -0.482. The Morgan fingerprint density at radius 1 is 1.29 bits per heavy atom. The van der Waals surface area contributed by atoms with Crippen LogP contribution in [0.25, 0.3) is 0 Å². The molecule has 0 spiro atoms. The summed E-state index contributed by atoms with van der Waals surface area (Å²) in [7, 11) is 1.28. The number of hydrogen-bond donors (Lipinski definition) is 1. The highest BCUT2D eigenvalue weighted by molar-refractivity contribution is 6.02. The SMILES string of the molecule is COC(=O)COc1cccc(NC(=O)c2cnccn2)c1. The van der Waals surface area contributed by atoms with Gasteiger partial charge in [0.05, 0.1) is 13.3 Å². The smallest absolute Gasteiger partial charge is 0.343 e. The molecule has 1 heterocycles. The van der Waals surface area contributed by atoms with Crippen LogP contribution in [-0.2, 0) is 9.53 Å². The highest BCUT2D eigenvalue weighted by Crippen LogP contribution is 2.17. The van der Waals surface area contributed by atoms with E-state index in [-0.39, 0.29) is 18.2 Å². The number of esters is 1. The van der Waals surface area contributed by atoms with Gasteiger partial charge < -0.3 is 14.8 Å². The zero-order valence-electron chi connectivity index (χ0n) is 11.3. The van der Waals surface area contributed by atoms with Gasteiger partial charge in [-0.3, -0.25) is 9.78 Å². The third-order valence-corrected chi connectivity index (χ3v) is 2.47. The first-order valence-corrected chi connectivity index (χ1v) is 6.06. The molecule has 2 aromatic rings. The lowest BCUT2D eigenvalue weighted by molar-refractivity contribution is -0.142. The zero-order chi connectivity index (χ0) is 15.1. The summed E-state index contributed by atoms with van der Waals surface area (Å²) < 4.78 is 9.71. The molecule has 1 amide bonds. The summed E-state index contributed by atoms with van der Waals surface area (Å²) in [6.07, 6.45) is 4.29. The van der Waals surface area contributed by atoms with E-state index in [1.54, 1.807) is 24.3 Å². The van der Waals surface area contributed by atoms with Crippen LogP contribution in [0.2, 0.25) is 0 Å². The van der Waals surface area contributed by atoms with Crippen molar-refractivity contribution in [2.24, 2.45) is 0 Å². The summed E-state index contributed by atoms with van der Waals surface area (Å²) in [6, 6.07) is 6.65. The van der Waals surface area contributed by atoms with Crippen LogP contribution in [0, 0.1) is 0 Å². The van der Waals surface area contributed by atoms with Crippen LogP contribution in [-0.4, -0.2) is 35.6 Å². The average Bonchev–Trinajstić information content (AvgIpc) is 2.53. The summed E-state index contributed by atoms with van der Waals surface area (Å²) >= 11 is 0. The number of hydrogen-bond acceptors (Lipinski definition) is 6. The number of rotatable bonds is 5. The van der Waals surface area contributed by atoms with E-state index < -0.39 is 5.97 Å². The molecule has 21 heavy (non-hydrogen) atoms. The molecule has 7 heteroatoms. The molecule has 1 N–H and O–H groups in total. The van der Waals surface area contributed by atoms with Gasteiger partial charge in [-0.05, 0) is 12.1 Å². The Labute approximate surface area is 120 Å². The molecule has 2 rings (SSSR count). The van der Waals surface area contributed by atoms with Crippen LogP contribution in [0.15, 0.2) is 42.9 Å². The van der Waals surface area contributed by atoms with Crippen molar-refractivity contribution >= 4 is 17.6 Å². The number of amides is 1. The molecule has 0 bridgehead atoms. The molecule has 0 radical (unpaired) electrons. The Kier molecular flexibility index (Phi) is 4.81. The topological polar surface area (TPSA) is 90.4 Å². The Balaban J connectivity index is 2.01. The standard InChI is InChI=1S/C14H13N3O4/c1-20-13(18)9-21-11-4-2-3-10(7-11)17-14(19)12-8-15-5-6-16-12/h2-8H,9H2,1H3,(H,17,19). The van der Waals surface area contributed by atoms with Crippen molar-refractivity contribution in [2.75, 3.05) is 19.0 Å². The van der Waals surface area contributed by atoms with E-state index in [0.717, 1.165) is 0 Å². The Morgan fingerprint density at radius 3 is 2.86 bits per heavy atom. The monoisotopic (exact) mass is 287 g/mol. The highest BCUT2D eigenvalue weighted by atomic mass is 16.6. The summed E-state index contributed by atoms with van der Waals surface area (Å²) in [5.41, 5.74) is 0.728. The van der Waals surface area contributed by atoms with E-state index >= 15 is 0 Å². The predicted octanol–water partition coefficient (Wildman–Crippen LogP) is 1.28. The maximum atomic E-state index is 11.9. The van der Waals surface area contributed by atoms with E-state index in [1.807, 2.05) is 0 Å². The Hall–Kier alpha value is -2.96. The summed E-state index contributed by atoms with van der Waals surface area (Å²) in [5.74, 6) is -0.422. The minimum absolute atomic E-state index is 0.196. The quantitative estimate of drug-likeness (QED) is 0.833. The van der Waals surface area contributed by atoms with Crippen LogP contribution in [0.5, 0.6) is 5.75 Å². The fourth-order valence-corrected chi connectivity index (χ4v) is 1.48. The number of nitrogens with one attached hydrogen (secondary N) is 1. The van der Waals surface area contributed by atoms with Crippen molar-refractivity contribution in [1.29, 1.82) is 0 Å². The summed E-state index contributed by atoms with van der Waals surface area (Å²) in [4.78, 5) is 30.6. The molecule has 0 saturated heterocycles. The second-order valence-electron chi connectivity index (χ2n) is 3.94. The number of ether oxygens (including phenoxy) is 2. The van der Waals surface area contributed by atoms with Gasteiger partial charge in [0.15, 0.2) is 6.61 Å². The van der Waals surface area contributed by atoms with Gasteiger partial charge in [-0.2, -0.15) is 0 Å². The molecule has 0 aliphatic heterocycles. The third kappa shape index (κ3) is 4.27. The first-order chi connectivity index (χ1) is 10.2. The van der Waals surface area contributed by atoms with E-state index in [0.29, 0.717) is 11.4 Å². The fraction of sp³-hybridized carbons (Fsp3) is 0.143. The molecular weight excluding hydrogens is 274 g/mol.